The highest BCUT2D eigenvalue weighted by Crippen LogP contribution is 2.34. The van der Waals surface area contributed by atoms with Crippen LogP contribution in [0.3, 0.4) is 0 Å². The van der Waals surface area contributed by atoms with Crippen molar-refractivity contribution in [1.82, 2.24) is 4.90 Å². The predicted molar refractivity (Wildman–Crippen MR) is 123 cm³/mol. The zero-order valence-electron chi connectivity index (χ0n) is 19.2. The van der Waals surface area contributed by atoms with Crippen LogP contribution in [0.5, 0.6) is 11.5 Å². The van der Waals surface area contributed by atoms with E-state index >= 15 is 0 Å². The number of anilines is 1. The minimum atomic E-state index is -1.24. The van der Waals surface area contributed by atoms with E-state index < -0.39 is 40.9 Å². The summed E-state index contributed by atoms with van der Waals surface area (Å²) in [5.74, 6) is -2.51. The molecule has 0 spiro atoms. The monoisotopic (exact) mass is 498 g/mol. The quantitative estimate of drug-likeness (QED) is 0.321. The molecule has 9 nitrogen and oxygen atoms in total. The van der Waals surface area contributed by atoms with Crippen molar-refractivity contribution in [3.8, 4) is 36.2 Å². The van der Waals surface area contributed by atoms with Crippen molar-refractivity contribution in [1.29, 1.82) is 0 Å². The molecule has 0 radical (unpaired) electrons. The minimum Gasteiger partial charge on any atom is -0.493 e. The van der Waals surface area contributed by atoms with Crippen LogP contribution in [0, 0.1) is 36.3 Å². The van der Waals surface area contributed by atoms with Crippen LogP contribution in [0.4, 0.5) is 14.5 Å². The normalized spacial score (nSPS) is 9.83. The molecule has 0 aromatic heterocycles. The second-order valence-corrected chi connectivity index (χ2v) is 6.84. The Balaban J connectivity index is 2.22. The Bertz CT molecular complexity index is 1260. The van der Waals surface area contributed by atoms with Gasteiger partial charge in [-0.15, -0.1) is 12.8 Å². The molecule has 36 heavy (non-hydrogen) atoms. The zero-order valence-corrected chi connectivity index (χ0v) is 19.2. The average molecular weight is 498 g/mol. The molecular weight excluding hydrogens is 478 g/mol. The number of nitrogens with zero attached hydrogens (tertiary/aromatic N) is 1. The van der Waals surface area contributed by atoms with Crippen molar-refractivity contribution in [2.24, 2.45) is 0 Å². The fraction of sp³-hybridized carbons (Fsp3) is 0.200. The number of hydrogen-bond donors (Lipinski definition) is 1. The lowest BCUT2D eigenvalue weighted by Gasteiger charge is -2.20. The van der Waals surface area contributed by atoms with Gasteiger partial charge in [-0.3, -0.25) is 19.3 Å². The fourth-order valence-electron chi connectivity index (χ4n) is 2.99. The molecule has 0 fully saturated rings. The Kier molecular flexibility index (Phi) is 9.52. The van der Waals surface area contributed by atoms with Crippen molar-refractivity contribution in [3.05, 3.63) is 53.1 Å². The summed E-state index contributed by atoms with van der Waals surface area (Å²) in [5, 5.41) is 2.34. The number of esters is 1. The van der Waals surface area contributed by atoms with E-state index in [0.717, 1.165) is 25.3 Å². The molecular formula is C25H20F2N2O7. The molecule has 2 aromatic rings. The number of ether oxygens (including phenoxy) is 3. The number of terminal acetylenes is 2. The van der Waals surface area contributed by atoms with Crippen molar-refractivity contribution in [2.75, 3.05) is 32.7 Å². The first-order valence-corrected chi connectivity index (χ1v) is 10.2. The number of halogens is 2. The summed E-state index contributed by atoms with van der Waals surface area (Å²) in [5.41, 5.74) is -1.00. The molecule has 2 aromatic carbocycles. The molecule has 0 atom stereocenters. The third kappa shape index (κ3) is 6.36. The highest BCUT2D eigenvalue weighted by atomic mass is 19.1. The summed E-state index contributed by atoms with van der Waals surface area (Å²) in [6.07, 6.45) is 10.1. The lowest BCUT2D eigenvalue weighted by molar-refractivity contribution is -0.122. The number of nitrogens with one attached hydrogen (secondary N) is 1. The summed E-state index contributed by atoms with van der Waals surface area (Å²) in [6, 6.07) is 5.34. The summed E-state index contributed by atoms with van der Waals surface area (Å²) in [7, 11) is 2.44. The molecule has 0 saturated heterocycles. The van der Waals surface area contributed by atoms with Gasteiger partial charge >= 0.3 is 11.9 Å². The second kappa shape index (κ2) is 12.5. The number of rotatable bonds is 9. The van der Waals surface area contributed by atoms with Crippen LogP contribution in [0.1, 0.15) is 27.1 Å². The minimum absolute atomic E-state index is 0.0114. The van der Waals surface area contributed by atoms with E-state index in [1.54, 1.807) is 5.92 Å². The Morgan fingerprint density at radius 3 is 2.25 bits per heavy atom. The molecule has 186 valence electrons. The molecule has 0 aliphatic carbocycles. The highest BCUT2D eigenvalue weighted by Gasteiger charge is 2.27. The highest BCUT2D eigenvalue weighted by molar-refractivity contribution is 6.10. The number of imide groups is 1. The first-order valence-electron chi connectivity index (χ1n) is 10.2. The van der Waals surface area contributed by atoms with E-state index in [4.69, 9.17) is 27.1 Å². The second-order valence-electron chi connectivity index (χ2n) is 6.84. The molecule has 2 rings (SSSR count). The van der Waals surface area contributed by atoms with Gasteiger partial charge < -0.3 is 19.5 Å². The first-order chi connectivity index (χ1) is 17.2. The van der Waals surface area contributed by atoms with E-state index in [-0.39, 0.29) is 42.3 Å². The molecule has 0 bridgehead atoms. The maximum atomic E-state index is 14.0. The van der Waals surface area contributed by atoms with Gasteiger partial charge in [-0.1, -0.05) is 6.07 Å². The van der Waals surface area contributed by atoms with Gasteiger partial charge in [0, 0.05) is 18.7 Å². The number of methoxy groups -OCH3 is 2. The van der Waals surface area contributed by atoms with Crippen molar-refractivity contribution in [2.45, 2.75) is 6.42 Å². The first kappa shape index (κ1) is 27.3. The third-order valence-corrected chi connectivity index (χ3v) is 4.66. The summed E-state index contributed by atoms with van der Waals surface area (Å²) in [4.78, 5) is 49.0. The van der Waals surface area contributed by atoms with E-state index in [2.05, 4.69) is 5.32 Å². The largest absolute Gasteiger partial charge is 0.493 e. The van der Waals surface area contributed by atoms with Crippen LogP contribution in [0.25, 0.3) is 0 Å². The fourth-order valence-corrected chi connectivity index (χ4v) is 2.99. The lowest BCUT2D eigenvalue weighted by atomic mass is 10.1. The SMILES string of the molecule is C#CC(=O)Nc1cc(OC)c(OCCCN(C(=O)C#C)C(=O)c2c(F)cccc2F)cc1C(=O)OC. The Hall–Kier alpha value is -4.90. The third-order valence-electron chi connectivity index (χ3n) is 4.66. The van der Waals surface area contributed by atoms with Crippen LogP contribution in [-0.2, 0) is 14.3 Å². The lowest BCUT2D eigenvalue weighted by Crippen LogP contribution is -2.38. The van der Waals surface area contributed by atoms with Gasteiger partial charge in [0.25, 0.3) is 11.8 Å². The maximum Gasteiger partial charge on any atom is 0.340 e. The van der Waals surface area contributed by atoms with Gasteiger partial charge in [0.05, 0.1) is 32.1 Å². The van der Waals surface area contributed by atoms with Crippen molar-refractivity contribution >= 4 is 29.4 Å². The van der Waals surface area contributed by atoms with Gasteiger partial charge in [0.1, 0.15) is 17.2 Å². The van der Waals surface area contributed by atoms with Gasteiger partial charge in [-0.25, -0.2) is 13.6 Å². The van der Waals surface area contributed by atoms with E-state index in [0.29, 0.717) is 4.90 Å². The molecule has 3 amide bonds. The summed E-state index contributed by atoms with van der Waals surface area (Å²) < 4.78 is 43.6. The molecule has 11 heteroatoms. The van der Waals surface area contributed by atoms with Gasteiger partial charge in [-0.05, 0) is 30.4 Å². The molecule has 0 aliphatic heterocycles. The Labute approximate surface area is 205 Å². The molecule has 0 saturated carbocycles. The number of benzene rings is 2. The molecule has 0 aliphatic rings. The van der Waals surface area contributed by atoms with E-state index in [1.807, 2.05) is 5.92 Å². The predicted octanol–water partition coefficient (Wildman–Crippen LogP) is 2.40. The smallest absolute Gasteiger partial charge is 0.340 e. The molecule has 1 N–H and O–H groups in total. The van der Waals surface area contributed by atoms with Gasteiger partial charge in [0.2, 0.25) is 0 Å². The maximum absolute atomic E-state index is 14.0. The van der Waals surface area contributed by atoms with Gasteiger partial charge in [-0.2, -0.15) is 0 Å². The standard InChI is InChI=1S/C25H20F2N2O7/c1-5-21(30)28-18-14-19(34-3)20(13-15(18)25(33)35-4)36-12-8-11-29(22(31)6-2)24(32)23-16(26)9-7-10-17(23)27/h1-2,7,9-10,13-14H,8,11-12H2,3-4H3,(H,28,30). The summed E-state index contributed by atoms with van der Waals surface area (Å²) in [6.45, 7) is -0.480. The van der Waals surface area contributed by atoms with Crippen molar-refractivity contribution < 1.29 is 42.2 Å². The van der Waals surface area contributed by atoms with E-state index in [1.165, 1.54) is 19.2 Å². The van der Waals surface area contributed by atoms with E-state index in [9.17, 15) is 28.0 Å². The van der Waals surface area contributed by atoms with Crippen LogP contribution in [-0.4, -0.2) is 56.0 Å². The summed E-state index contributed by atoms with van der Waals surface area (Å²) >= 11 is 0. The topological polar surface area (TPSA) is 111 Å². The van der Waals surface area contributed by atoms with Crippen LogP contribution < -0.4 is 14.8 Å². The Morgan fingerprint density at radius 1 is 1.03 bits per heavy atom. The number of carbonyl (C=O) groups is 4. The zero-order chi connectivity index (χ0) is 26.8. The average Bonchev–Trinajstić information content (AvgIpc) is 2.87. The molecule has 0 unspecified atom stereocenters. The van der Waals surface area contributed by atoms with Crippen LogP contribution in [0.2, 0.25) is 0 Å². The number of carbonyl (C=O) groups excluding carboxylic acids is 4. The number of amides is 3. The molecule has 0 heterocycles. The number of hydrogen-bond acceptors (Lipinski definition) is 7. The van der Waals surface area contributed by atoms with Gasteiger partial charge in [0.15, 0.2) is 11.5 Å². The van der Waals surface area contributed by atoms with Crippen LogP contribution >= 0.6 is 0 Å². The van der Waals surface area contributed by atoms with Crippen LogP contribution in [0.15, 0.2) is 30.3 Å². The van der Waals surface area contributed by atoms with Crippen molar-refractivity contribution in [3.63, 3.8) is 0 Å². The Morgan fingerprint density at radius 2 is 1.69 bits per heavy atom.